The van der Waals surface area contributed by atoms with Crippen molar-refractivity contribution in [2.24, 2.45) is 0 Å². The van der Waals surface area contributed by atoms with Gasteiger partial charge in [0.15, 0.2) is 0 Å². The highest BCUT2D eigenvalue weighted by molar-refractivity contribution is 5.61. The highest BCUT2D eigenvalue weighted by atomic mass is 19.4. The summed E-state index contributed by atoms with van der Waals surface area (Å²) in [6.07, 6.45) is -4.80. The molecule has 0 saturated heterocycles. The van der Waals surface area contributed by atoms with E-state index in [1.54, 1.807) is 19.2 Å². The fraction of sp³-hybridized carbons (Fsp3) is 0.368. The smallest absolute Gasteiger partial charge is 0.389 e. The number of nitrogens with one attached hydrogen (secondary N) is 1. The van der Waals surface area contributed by atoms with Crippen LogP contribution in [-0.2, 0) is 12.6 Å². The van der Waals surface area contributed by atoms with Crippen molar-refractivity contribution >= 4 is 5.69 Å². The van der Waals surface area contributed by atoms with Gasteiger partial charge in [0.05, 0.1) is 17.7 Å². The van der Waals surface area contributed by atoms with Crippen LogP contribution >= 0.6 is 0 Å². The van der Waals surface area contributed by atoms with Crippen molar-refractivity contribution in [2.45, 2.75) is 24.7 Å². The van der Waals surface area contributed by atoms with Crippen molar-refractivity contribution in [2.75, 3.05) is 25.0 Å². The lowest BCUT2D eigenvalue weighted by Gasteiger charge is -2.34. The van der Waals surface area contributed by atoms with Crippen LogP contribution in [0.5, 0.6) is 0 Å². The first-order valence-corrected chi connectivity index (χ1v) is 8.36. The zero-order valence-electron chi connectivity index (χ0n) is 14.2. The number of fused-ring (bicyclic) bond motifs is 1. The number of aliphatic hydroxyl groups excluding tert-OH is 1. The molecule has 3 rings (SSSR count). The zero-order valence-corrected chi connectivity index (χ0v) is 14.2. The van der Waals surface area contributed by atoms with E-state index in [9.17, 15) is 22.7 Å². The Bertz CT molecular complexity index is 778. The van der Waals surface area contributed by atoms with Crippen LogP contribution in [0.2, 0.25) is 0 Å². The summed E-state index contributed by atoms with van der Waals surface area (Å²) in [6, 6.07) is 9.03. The van der Waals surface area contributed by atoms with Crippen molar-refractivity contribution in [1.82, 2.24) is 5.32 Å². The quantitative estimate of drug-likeness (QED) is 0.793. The third-order valence-corrected chi connectivity index (χ3v) is 4.64. The van der Waals surface area contributed by atoms with E-state index in [1.807, 2.05) is 4.90 Å². The van der Waals surface area contributed by atoms with Gasteiger partial charge in [-0.2, -0.15) is 13.2 Å². The molecular formula is C19H20F4N2O. The average Bonchev–Trinajstić information content (AvgIpc) is 2.98. The lowest BCUT2D eigenvalue weighted by Crippen LogP contribution is -2.40. The molecule has 0 saturated carbocycles. The molecule has 2 atom stereocenters. The highest BCUT2D eigenvalue weighted by Crippen LogP contribution is 2.40. The van der Waals surface area contributed by atoms with E-state index in [0.29, 0.717) is 29.8 Å². The summed E-state index contributed by atoms with van der Waals surface area (Å²) in [7, 11) is 1.69. The first kappa shape index (κ1) is 18.7. The summed E-state index contributed by atoms with van der Waals surface area (Å²) < 4.78 is 52.5. The lowest BCUT2D eigenvalue weighted by molar-refractivity contribution is -0.137. The summed E-state index contributed by atoms with van der Waals surface area (Å²) in [5, 5.41) is 13.5. The SMILES string of the molecule is CNCC(O)[C@H](c1cccc(F)c1)N1CCc2cc(C(F)(F)F)ccc21. The molecule has 0 bridgehead atoms. The minimum atomic E-state index is -4.39. The number of benzene rings is 2. The van der Waals surface area contributed by atoms with Gasteiger partial charge in [-0.3, -0.25) is 0 Å². The molecule has 1 unspecified atom stereocenters. The predicted octanol–water partition coefficient (Wildman–Crippen LogP) is 3.53. The summed E-state index contributed by atoms with van der Waals surface area (Å²) >= 11 is 0. The molecule has 0 amide bonds. The second-order valence-corrected chi connectivity index (χ2v) is 6.41. The van der Waals surface area contributed by atoms with Gasteiger partial charge in [0, 0.05) is 18.8 Å². The van der Waals surface area contributed by atoms with E-state index in [4.69, 9.17) is 0 Å². The Labute approximate surface area is 149 Å². The molecule has 0 spiro atoms. The van der Waals surface area contributed by atoms with Gasteiger partial charge >= 0.3 is 6.18 Å². The maximum atomic E-state index is 13.7. The minimum Gasteiger partial charge on any atom is -0.389 e. The largest absolute Gasteiger partial charge is 0.416 e. The number of hydrogen-bond acceptors (Lipinski definition) is 3. The molecule has 2 N–H and O–H groups in total. The second-order valence-electron chi connectivity index (χ2n) is 6.41. The number of likely N-dealkylation sites (N-methyl/N-ethyl adjacent to an activating group) is 1. The first-order chi connectivity index (χ1) is 12.3. The normalized spacial score (nSPS) is 16.5. The molecule has 1 aliphatic heterocycles. The number of anilines is 1. The first-order valence-electron chi connectivity index (χ1n) is 8.36. The van der Waals surface area contributed by atoms with Crippen LogP contribution < -0.4 is 10.2 Å². The van der Waals surface area contributed by atoms with E-state index in [0.717, 1.165) is 12.1 Å². The number of halogens is 4. The van der Waals surface area contributed by atoms with Crippen molar-refractivity contribution in [3.63, 3.8) is 0 Å². The van der Waals surface area contributed by atoms with E-state index < -0.39 is 29.7 Å². The van der Waals surface area contributed by atoms with Crippen molar-refractivity contribution in [1.29, 1.82) is 0 Å². The number of rotatable bonds is 5. The van der Waals surface area contributed by atoms with Crippen LogP contribution in [0.25, 0.3) is 0 Å². The number of alkyl halides is 3. The Balaban J connectivity index is 2.00. The number of aliphatic hydroxyl groups is 1. The summed E-state index contributed by atoms with van der Waals surface area (Å²) in [6.45, 7) is 0.728. The van der Waals surface area contributed by atoms with Gasteiger partial charge in [0.25, 0.3) is 0 Å². The van der Waals surface area contributed by atoms with Crippen molar-refractivity contribution < 1.29 is 22.7 Å². The molecule has 26 heavy (non-hydrogen) atoms. The monoisotopic (exact) mass is 368 g/mol. The molecule has 0 aromatic heterocycles. The van der Waals surface area contributed by atoms with Crippen LogP contribution in [0.15, 0.2) is 42.5 Å². The Morgan fingerprint density at radius 3 is 2.62 bits per heavy atom. The molecule has 2 aromatic carbocycles. The molecule has 0 aliphatic carbocycles. The molecule has 7 heteroatoms. The predicted molar refractivity (Wildman–Crippen MR) is 91.6 cm³/mol. The van der Waals surface area contributed by atoms with Crippen molar-refractivity contribution in [3.8, 4) is 0 Å². The fourth-order valence-corrected chi connectivity index (χ4v) is 3.51. The molecule has 3 nitrogen and oxygen atoms in total. The van der Waals surface area contributed by atoms with Crippen LogP contribution in [-0.4, -0.2) is 31.3 Å². The Morgan fingerprint density at radius 1 is 1.19 bits per heavy atom. The van der Waals surface area contributed by atoms with E-state index in [-0.39, 0.29) is 6.54 Å². The number of nitrogens with zero attached hydrogens (tertiary/aromatic N) is 1. The number of hydrogen-bond donors (Lipinski definition) is 2. The minimum absolute atomic E-state index is 0.271. The molecule has 2 aromatic rings. The third-order valence-electron chi connectivity index (χ3n) is 4.64. The maximum absolute atomic E-state index is 13.7. The van der Waals surface area contributed by atoms with Gasteiger partial charge in [-0.05, 0) is 54.9 Å². The van der Waals surface area contributed by atoms with Gasteiger partial charge in [-0.25, -0.2) is 4.39 Å². The molecule has 140 valence electrons. The Hall–Kier alpha value is -2.12. The van der Waals surface area contributed by atoms with Crippen LogP contribution in [0.1, 0.15) is 22.7 Å². The molecular weight excluding hydrogens is 348 g/mol. The van der Waals surface area contributed by atoms with Gasteiger partial charge < -0.3 is 15.3 Å². The second kappa shape index (κ2) is 7.25. The van der Waals surface area contributed by atoms with E-state index in [1.165, 1.54) is 18.2 Å². The van der Waals surface area contributed by atoms with Crippen LogP contribution in [0.3, 0.4) is 0 Å². The molecule has 1 heterocycles. The summed E-state index contributed by atoms with van der Waals surface area (Å²) in [4.78, 5) is 1.85. The Kier molecular flexibility index (Phi) is 5.20. The summed E-state index contributed by atoms with van der Waals surface area (Å²) in [5.74, 6) is -0.420. The zero-order chi connectivity index (χ0) is 18.9. The van der Waals surface area contributed by atoms with E-state index in [2.05, 4.69) is 5.32 Å². The van der Waals surface area contributed by atoms with Gasteiger partial charge in [-0.15, -0.1) is 0 Å². The molecule has 0 radical (unpaired) electrons. The lowest BCUT2D eigenvalue weighted by atomic mass is 9.98. The fourth-order valence-electron chi connectivity index (χ4n) is 3.51. The Morgan fingerprint density at radius 2 is 1.96 bits per heavy atom. The highest BCUT2D eigenvalue weighted by Gasteiger charge is 2.35. The van der Waals surface area contributed by atoms with Gasteiger partial charge in [-0.1, -0.05) is 12.1 Å². The van der Waals surface area contributed by atoms with Crippen LogP contribution in [0, 0.1) is 5.82 Å². The van der Waals surface area contributed by atoms with Crippen LogP contribution in [0.4, 0.5) is 23.2 Å². The standard InChI is InChI=1S/C19H20F4N2O/c1-24-11-17(26)18(13-3-2-4-15(20)10-13)25-8-7-12-9-14(19(21,22)23)5-6-16(12)25/h2-6,9-10,17-18,24,26H,7-8,11H2,1H3/t17?,18-/m0/s1. The van der Waals surface area contributed by atoms with E-state index >= 15 is 0 Å². The summed E-state index contributed by atoms with van der Waals surface area (Å²) in [5.41, 5.74) is 1.12. The molecule has 1 aliphatic rings. The average molecular weight is 368 g/mol. The topological polar surface area (TPSA) is 35.5 Å². The molecule has 0 fully saturated rings. The maximum Gasteiger partial charge on any atom is 0.416 e. The van der Waals surface area contributed by atoms with Gasteiger partial charge in [0.1, 0.15) is 5.82 Å². The third kappa shape index (κ3) is 3.68. The van der Waals surface area contributed by atoms with Gasteiger partial charge in [0.2, 0.25) is 0 Å². The van der Waals surface area contributed by atoms with Crippen molar-refractivity contribution in [3.05, 3.63) is 65.0 Å².